The molecule has 2 aromatic heterocycles. The number of amides is 2. The summed E-state index contributed by atoms with van der Waals surface area (Å²) in [5.41, 5.74) is 2.49. The minimum atomic E-state index is -0.259. The van der Waals surface area contributed by atoms with E-state index in [1.807, 2.05) is 61.5 Å². The molecule has 0 spiro atoms. The Kier molecular flexibility index (Phi) is 6.67. The van der Waals surface area contributed by atoms with Crippen molar-refractivity contribution in [3.05, 3.63) is 121 Å². The first-order valence-electron chi connectivity index (χ1n) is 11.9. The van der Waals surface area contributed by atoms with Gasteiger partial charge in [0.25, 0.3) is 11.8 Å². The van der Waals surface area contributed by atoms with Crippen LogP contribution in [0.1, 0.15) is 36.5 Å². The van der Waals surface area contributed by atoms with Crippen LogP contribution in [0.3, 0.4) is 0 Å². The van der Waals surface area contributed by atoms with Gasteiger partial charge in [0.2, 0.25) is 0 Å². The topological polar surface area (TPSA) is 66.9 Å². The zero-order chi connectivity index (χ0) is 24.9. The summed E-state index contributed by atoms with van der Waals surface area (Å²) in [7, 11) is 0. The van der Waals surface area contributed by atoms with E-state index in [1.54, 1.807) is 58.7 Å². The summed E-state index contributed by atoms with van der Waals surface area (Å²) in [4.78, 5) is 30.5. The number of rotatable bonds is 6. The van der Waals surface area contributed by atoms with Gasteiger partial charge >= 0.3 is 0 Å². The van der Waals surface area contributed by atoms with E-state index in [-0.39, 0.29) is 23.9 Å². The molecular weight excluding hydrogens is 452 g/mol. The van der Waals surface area contributed by atoms with Crippen molar-refractivity contribution in [3.8, 4) is 0 Å². The van der Waals surface area contributed by atoms with Crippen molar-refractivity contribution >= 4 is 35.3 Å². The zero-order valence-electron chi connectivity index (χ0n) is 19.9. The van der Waals surface area contributed by atoms with E-state index in [9.17, 15) is 9.59 Å². The highest BCUT2D eigenvalue weighted by Crippen LogP contribution is 2.42. The molecule has 2 aromatic carbocycles. The molecule has 3 heterocycles. The Morgan fingerprint density at radius 3 is 2.14 bits per heavy atom. The van der Waals surface area contributed by atoms with E-state index in [0.717, 1.165) is 16.9 Å². The predicted molar refractivity (Wildman–Crippen MR) is 140 cm³/mol. The second-order valence-electron chi connectivity index (χ2n) is 8.61. The molecule has 0 unspecified atom stereocenters. The number of nitrogens with zero attached hydrogens (tertiary/aromatic N) is 2. The molecule has 0 aliphatic carbocycles. The van der Waals surface area contributed by atoms with Gasteiger partial charge in [-0.15, -0.1) is 0 Å². The third kappa shape index (κ3) is 4.79. The summed E-state index contributed by atoms with van der Waals surface area (Å²) in [6.45, 7) is 2.01. The maximum Gasteiger partial charge on any atom is 0.251 e. The highest BCUT2D eigenvalue weighted by atomic mass is 16.3. The van der Waals surface area contributed by atoms with Gasteiger partial charge in [0, 0.05) is 29.6 Å². The van der Waals surface area contributed by atoms with E-state index in [0.29, 0.717) is 17.9 Å². The quantitative estimate of drug-likeness (QED) is 0.297. The average molecular weight is 479 g/mol. The molecule has 0 saturated carbocycles. The van der Waals surface area contributed by atoms with Crippen molar-refractivity contribution in [1.29, 1.82) is 0 Å². The highest BCUT2D eigenvalue weighted by Gasteiger charge is 2.37. The number of carbonyl (C=O) groups excluding carboxylic acids is 2. The maximum atomic E-state index is 13.6. The molecule has 0 N–H and O–H groups in total. The normalized spacial score (nSPS) is 17.4. The van der Waals surface area contributed by atoms with Gasteiger partial charge in [0.1, 0.15) is 11.5 Å². The number of anilines is 2. The minimum absolute atomic E-state index is 0.139. The number of fused-ring (bicyclic) bond motifs is 1. The maximum absolute atomic E-state index is 13.6. The smallest absolute Gasteiger partial charge is 0.251 e. The summed E-state index contributed by atoms with van der Waals surface area (Å²) < 4.78 is 10.7. The molecule has 6 nitrogen and oxygen atoms in total. The average Bonchev–Trinajstić information content (AvgIpc) is 3.61. The molecule has 36 heavy (non-hydrogen) atoms. The van der Waals surface area contributed by atoms with E-state index in [1.165, 1.54) is 12.2 Å². The van der Waals surface area contributed by atoms with Gasteiger partial charge in [-0.05, 0) is 73.5 Å². The molecule has 1 aliphatic rings. The molecule has 1 aliphatic heterocycles. The van der Waals surface area contributed by atoms with Crippen molar-refractivity contribution in [2.24, 2.45) is 0 Å². The van der Waals surface area contributed by atoms with Crippen LogP contribution in [0.15, 0.2) is 112 Å². The lowest BCUT2D eigenvalue weighted by Crippen LogP contribution is -2.47. The van der Waals surface area contributed by atoms with Crippen molar-refractivity contribution < 1.29 is 18.4 Å². The SMILES string of the molecule is C[C@H]1C[C@H](N(C(=O)/C=C/c2ccco2)c2ccccc2)c2ccccc2N1C(=O)/C=C/c1ccco1. The molecular formula is C30H26N2O4. The molecule has 0 bridgehead atoms. The Morgan fingerprint density at radius 1 is 0.833 bits per heavy atom. The molecule has 4 aromatic rings. The lowest BCUT2D eigenvalue weighted by atomic mass is 9.89. The Hall–Kier alpha value is -4.58. The summed E-state index contributed by atoms with van der Waals surface area (Å²) in [6.07, 6.45) is 10.1. The second-order valence-corrected chi connectivity index (χ2v) is 8.61. The standard InChI is InChI=1S/C30H26N2O4/c1-22-21-28(32(23-9-3-2-4-10-23)30(34)18-16-25-12-8-20-36-25)26-13-5-6-14-27(26)31(22)29(33)17-15-24-11-7-19-35-24/h2-20,22,28H,21H2,1H3/b17-15+,18-16+/t22-,28-/m0/s1. The van der Waals surface area contributed by atoms with E-state index >= 15 is 0 Å². The third-order valence-electron chi connectivity index (χ3n) is 6.25. The summed E-state index contributed by atoms with van der Waals surface area (Å²) >= 11 is 0. The molecule has 2 atom stereocenters. The number of benzene rings is 2. The first-order valence-corrected chi connectivity index (χ1v) is 11.9. The summed E-state index contributed by atoms with van der Waals surface area (Å²) in [6, 6.07) is 24.1. The first-order chi connectivity index (χ1) is 17.6. The summed E-state index contributed by atoms with van der Waals surface area (Å²) in [5.74, 6) is 0.916. The van der Waals surface area contributed by atoms with Crippen LogP contribution in [0, 0.1) is 0 Å². The molecule has 2 amide bonds. The zero-order valence-corrected chi connectivity index (χ0v) is 19.9. The lowest BCUT2D eigenvalue weighted by molar-refractivity contribution is -0.114. The van der Waals surface area contributed by atoms with Gasteiger partial charge in [-0.2, -0.15) is 0 Å². The van der Waals surface area contributed by atoms with E-state index < -0.39 is 0 Å². The lowest BCUT2D eigenvalue weighted by Gasteiger charge is -2.43. The second kappa shape index (κ2) is 10.4. The Bertz CT molecular complexity index is 1370. The highest BCUT2D eigenvalue weighted by molar-refractivity contribution is 6.07. The van der Waals surface area contributed by atoms with Crippen LogP contribution >= 0.6 is 0 Å². The monoisotopic (exact) mass is 478 g/mol. The Morgan fingerprint density at radius 2 is 1.47 bits per heavy atom. The van der Waals surface area contributed by atoms with Gasteiger partial charge in [-0.25, -0.2) is 0 Å². The molecule has 6 heteroatoms. The van der Waals surface area contributed by atoms with Gasteiger partial charge in [-0.3, -0.25) is 9.59 Å². The van der Waals surface area contributed by atoms with E-state index in [4.69, 9.17) is 8.83 Å². The number of hydrogen-bond acceptors (Lipinski definition) is 4. The molecule has 5 rings (SSSR count). The fourth-order valence-electron chi connectivity index (χ4n) is 4.65. The predicted octanol–water partition coefficient (Wildman–Crippen LogP) is 6.50. The van der Waals surface area contributed by atoms with Gasteiger partial charge < -0.3 is 18.6 Å². The van der Waals surface area contributed by atoms with Crippen LogP contribution in [0.5, 0.6) is 0 Å². The minimum Gasteiger partial charge on any atom is -0.465 e. The van der Waals surface area contributed by atoms with Crippen LogP contribution in [-0.4, -0.2) is 17.9 Å². The van der Waals surface area contributed by atoms with Crippen LogP contribution in [0.4, 0.5) is 11.4 Å². The van der Waals surface area contributed by atoms with Crippen molar-refractivity contribution in [2.45, 2.75) is 25.4 Å². The van der Waals surface area contributed by atoms with Gasteiger partial charge in [-0.1, -0.05) is 36.4 Å². The van der Waals surface area contributed by atoms with Crippen LogP contribution in [0.2, 0.25) is 0 Å². The number of para-hydroxylation sites is 2. The van der Waals surface area contributed by atoms with Gasteiger partial charge in [0.05, 0.1) is 18.6 Å². The largest absolute Gasteiger partial charge is 0.465 e. The molecule has 0 fully saturated rings. The Labute approximate surface area is 209 Å². The van der Waals surface area contributed by atoms with Crippen molar-refractivity contribution in [3.63, 3.8) is 0 Å². The molecule has 0 radical (unpaired) electrons. The Balaban J connectivity index is 1.51. The van der Waals surface area contributed by atoms with Crippen LogP contribution in [-0.2, 0) is 9.59 Å². The molecule has 0 saturated heterocycles. The number of carbonyl (C=O) groups is 2. The first kappa shape index (κ1) is 23.2. The fraction of sp³-hybridized carbons (Fsp3) is 0.133. The number of furan rings is 2. The fourth-order valence-corrected chi connectivity index (χ4v) is 4.65. The van der Waals surface area contributed by atoms with Crippen LogP contribution in [0.25, 0.3) is 12.2 Å². The van der Waals surface area contributed by atoms with Gasteiger partial charge in [0.15, 0.2) is 0 Å². The van der Waals surface area contributed by atoms with Crippen LogP contribution < -0.4 is 9.80 Å². The van der Waals surface area contributed by atoms with Crippen molar-refractivity contribution in [1.82, 2.24) is 0 Å². The van der Waals surface area contributed by atoms with E-state index in [2.05, 4.69) is 0 Å². The molecule has 180 valence electrons. The number of hydrogen-bond donors (Lipinski definition) is 0. The summed E-state index contributed by atoms with van der Waals surface area (Å²) in [5, 5.41) is 0. The third-order valence-corrected chi connectivity index (χ3v) is 6.25. The van der Waals surface area contributed by atoms with Crippen molar-refractivity contribution in [2.75, 3.05) is 9.80 Å².